The van der Waals surface area contributed by atoms with Crippen molar-refractivity contribution in [3.63, 3.8) is 0 Å². The van der Waals surface area contributed by atoms with Crippen LogP contribution in [0, 0.1) is 19.8 Å². The van der Waals surface area contributed by atoms with Crippen molar-refractivity contribution < 1.29 is 4.79 Å². The summed E-state index contributed by atoms with van der Waals surface area (Å²) in [5.41, 5.74) is 6.26. The summed E-state index contributed by atoms with van der Waals surface area (Å²) < 4.78 is 2.38. The van der Waals surface area contributed by atoms with Crippen LogP contribution in [0.5, 0.6) is 0 Å². The Labute approximate surface area is 173 Å². The number of nitrogens with zero attached hydrogens (tertiary/aromatic N) is 2. The van der Waals surface area contributed by atoms with E-state index in [1.807, 2.05) is 0 Å². The third-order valence-corrected chi connectivity index (χ3v) is 5.89. The topological polar surface area (TPSA) is 46.9 Å². The number of amides is 1. The monoisotopic (exact) mass is 389 g/mol. The summed E-state index contributed by atoms with van der Waals surface area (Å²) in [7, 11) is 0. The van der Waals surface area contributed by atoms with Crippen LogP contribution >= 0.6 is 0 Å². The first-order chi connectivity index (χ1) is 14.1. The van der Waals surface area contributed by atoms with E-state index in [9.17, 15) is 4.79 Å². The molecule has 3 aromatic rings. The van der Waals surface area contributed by atoms with Crippen LogP contribution in [0.4, 0.5) is 0 Å². The maximum atomic E-state index is 11.7. The minimum absolute atomic E-state index is 0.250. The molecule has 0 aliphatic heterocycles. The Morgan fingerprint density at radius 3 is 2.76 bits per heavy atom. The van der Waals surface area contributed by atoms with Gasteiger partial charge in [0, 0.05) is 25.4 Å². The standard InChI is InChI=1S/C25H31N3O/c1-18-11-12-19(2)21(16-18)17-28-23-9-6-5-8-22(23)27-24(28)10-4-3-7-15-26-25(29)20-13-14-20/h5-6,8-9,11-12,16,20H,3-4,7,10,13-15,17H2,1-2H3,(H,26,29). The molecule has 4 nitrogen and oxygen atoms in total. The number of nitrogens with one attached hydrogen (secondary N) is 1. The van der Waals surface area contributed by atoms with Gasteiger partial charge in [-0.1, -0.05) is 42.3 Å². The van der Waals surface area contributed by atoms with Crippen LogP contribution in [-0.4, -0.2) is 22.0 Å². The average Bonchev–Trinajstić information content (AvgIpc) is 3.51. The Morgan fingerprint density at radius 2 is 1.93 bits per heavy atom. The molecule has 1 aliphatic rings. The molecular formula is C25H31N3O. The molecular weight excluding hydrogens is 358 g/mol. The zero-order valence-electron chi connectivity index (χ0n) is 17.6. The first-order valence-electron chi connectivity index (χ1n) is 10.9. The summed E-state index contributed by atoms with van der Waals surface area (Å²) in [5.74, 6) is 1.72. The molecule has 0 bridgehead atoms. The number of unbranched alkanes of at least 4 members (excludes halogenated alkanes) is 2. The highest BCUT2D eigenvalue weighted by atomic mass is 16.2. The van der Waals surface area contributed by atoms with Crippen molar-refractivity contribution in [2.75, 3.05) is 6.54 Å². The first-order valence-corrected chi connectivity index (χ1v) is 10.9. The molecule has 0 radical (unpaired) electrons. The zero-order chi connectivity index (χ0) is 20.2. The zero-order valence-corrected chi connectivity index (χ0v) is 17.6. The highest BCUT2D eigenvalue weighted by Gasteiger charge is 2.28. The van der Waals surface area contributed by atoms with E-state index in [0.717, 1.165) is 63.0 Å². The van der Waals surface area contributed by atoms with Crippen LogP contribution in [0.3, 0.4) is 0 Å². The SMILES string of the molecule is Cc1ccc(C)c(Cn2c(CCCCCNC(=O)C3CC3)nc3ccccc32)c1. The predicted molar refractivity (Wildman–Crippen MR) is 118 cm³/mol. The predicted octanol–water partition coefficient (Wildman–Crippen LogP) is 4.94. The van der Waals surface area contributed by atoms with Gasteiger partial charge in [-0.25, -0.2) is 4.98 Å². The first kappa shape index (κ1) is 19.7. The molecule has 2 aromatic carbocycles. The number of carbonyl (C=O) groups excluding carboxylic acids is 1. The second-order valence-corrected chi connectivity index (χ2v) is 8.41. The fourth-order valence-electron chi connectivity index (χ4n) is 3.92. The highest BCUT2D eigenvalue weighted by Crippen LogP contribution is 2.28. The quantitative estimate of drug-likeness (QED) is 0.527. The van der Waals surface area contributed by atoms with E-state index < -0.39 is 0 Å². The molecule has 4 heteroatoms. The second kappa shape index (κ2) is 8.81. The fraction of sp³-hybridized carbons (Fsp3) is 0.440. The lowest BCUT2D eigenvalue weighted by atomic mass is 10.1. The summed E-state index contributed by atoms with van der Waals surface area (Å²) in [6.07, 6.45) is 6.35. The molecule has 1 fully saturated rings. The Balaban J connectivity index is 1.41. The summed E-state index contributed by atoms with van der Waals surface area (Å²) in [6, 6.07) is 15.1. The molecule has 1 aromatic heterocycles. The van der Waals surface area contributed by atoms with E-state index in [1.165, 1.54) is 22.2 Å². The van der Waals surface area contributed by atoms with E-state index in [0.29, 0.717) is 5.92 Å². The van der Waals surface area contributed by atoms with E-state index in [-0.39, 0.29) is 5.91 Å². The number of fused-ring (bicyclic) bond motifs is 1. The van der Waals surface area contributed by atoms with Crippen LogP contribution in [0.1, 0.15) is 54.6 Å². The van der Waals surface area contributed by atoms with Crippen LogP contribution in [0.25, 0.3) is 11.0 Å². The molecule has 1 saturated carbocycles. The summed E-state index contributed by atoms with van der Waals surface area (Å²) >= 11 is 0. The molecule has 1 amide bonds. The van der Waals surface area contributed by atoms with Crippen LogP contribution in [0.2, 0.25) is 0 Å². The van der Waals surface area contributed by atoms with E-state index in [2.05, 4.69) is 66.2 Å². The minimum Gasteiger partial charge on any atom is -0.356 e. The van der Waals surface area contributed by atoms with Gasteiger partial charge < -0.3 is 9.88 Å². The van der Waals surface area contributed by atoms with Crippen molar-refractivity contribution in [3.8, 4) is 0 Å². The largest absolute Gasteiger partial charge is 0.356 e. The number of rotatable bonds is 9. The smallest absolute Gasteiger partial charge is 0.223 e. The van der Waals surface area contributed by atoms with Crippen LogP contribution in [0.15, 0.2) is 42.5 Å². The Hall–Kier alpha value is -2.62. The second-order valence-electron chi connectivity index (χ2n) is 8.41. The highest BCUT2D eigenvalue weighted by molar-refractivity contribution is 5.80. The van der Waals surface area contributed by atoms with E-state index in [4.69, 9.17) is 4.98 Å². The van der Waals surface area contributed by atoms with Gasteiger partial charge in [0.1, 0.15) is 5.82 Å². The number of hydrogen-bond acceptors (Lipinski definition) is 2. The molecule has 1 aliphatic carbocycles. The van der Waals surface area contributed by atoms with Crippen molar-refractivity contribution in [3.05, 3.63) is 65.0 Å². The van der Waals surface area contributed by atoms with Gasteiger partial charge in [0.25, 0.3) is 0 Å². The number of carbonyl (C=O) groups is 1. The number of hydrogen-bond donors (Lipinski definition) is 1. The van der Waals surface area contributed by atoms with Crippen molar-refractivity contribution >= 4 is 16.9 Å². The number of aryl methyl sites for hydroxylation is 3. The number of aromatic nitrogens is 2. The number of imidazole rings is 1. The van der Waals surface area contributed by atoms with Gasteiger partial charge in [0.15, 0.2) is 0 Å². The normalized spacial score (nSPS) is 13.7. The van der Waals surface area contributed by atoms with E-state index >= 15 is 0 Å². The molecule has 0 unspecified atom stereocenters. The summed E-state index contributed by atoms with van der Waals surface area (Å²) in [4.78, 5) is 16.6. The van der Waals surface area contributed by atoms with Gasteiger partial charge in [0.2, 0.25) is 5.91 Å². The average molecular weight is 390 g/mol. The minimum atomic E-state index is 0.250. The lowest BCUT2D eigenvalue weighted by Crippen LogP contribution is -2.25. The van der Waals surface area contributed by atoms with Crippen LogP contribution in [-0.2, 0) is 17.8 Å². The molecule has 0 spiro atoms. The van der Waals surface area contributed by atoms with Gasteiger partial charge in [-0.05, 0) is 62.8 Å². The van der Waals surface area contributed by atoms with Gasteiger partial charge in [-0.2, -0.15) is 0 Å². The maximum absolute atomic E-state index is 11.7. The van der Waals surface area contributed by atoms with Gasteiger partial charge in [0.05, 0.1) is 11.0 Å². The lowest BCUT2D eigenvalue weighted by Gasteiger charge is -2.12. The molecule has 152 valence electrons. The van der Waals surface area contributed by atoms with Crippen LogP contribution < -0.4 is 5.32 Å². The Bertz CT molecular complexity index is 1000. The molecule has 0 saturated heterocycles. The molecule has 0 atom stereocenters. The third-order valence-electron chi connectivity index (χ3n) is 5.89. The third kappa shape index (κ3) is 4.87. The van der Waals surface area contributed by atoms with E-state index in [1.54, 1.807) is 0 Å². The lowest BCUT2D eigenvalue weighted by molar-refractivity contribution is -0.122. The van der Waals surface area contributed by atoms with Gasteiger partial charge >= 0.3 is 0 Å². The Kier molecular flexibility index (Phi) is 5.98. The van der Waals surface area contributed by atoms with Crippen molar-refractivity contribution in [2.45, 2.75) is 58.9 Å². The van der Waals surface area contributed by atoms with Crippen molar-refractivity contribution in [2.24, 2.45) is 5.92 Å². The van der Waals surface area contributed by atoms with Crippen molar-refractivity contribution in [1.82, 2.24) is 14.9 Å². The Morgan fingerprint density at radius 1 is 1.10 bits per heavy atom. The number of para-hydroxylation sites is 2. The van der Waals surface area contributed by atoms with Gasteiger partial charge in [-0.3, -0.25) is 4.79 Å². The maximum Gasteiger partial charge on any atom is 0.223 e. The summed E-state index contributed by atoms with van der Waals surface area (Å²) in [6.45, 7) is 6.00. The number of benzene rings is 2. The molecule has 1 heterocycles. The summed E-state index contributed by atoms with van der Waals surface area (Å²) in [5, 5.41) is 3.06. The molecule has 4 rings (SSSR count). The molecule has 29 heavy (non-hydrogen) atoms. The van der Waals surface area contributed by atoms with Crippen molar-refractivity contribution in [1.29, 1.82) is 0 Å². The van der Waals surface area contributed by atoms with Gasteiger partial charge in [-0.15, -0.1) is 0 Å². The molecule has 1 N–H and O–H groups in total. The fourth-order valence-corrected chi connectivity index (χ4v) is 3.92.